The Kier molecular flexibility index (Phi) is 3.95. The van der Waals surface area contributed by atoms with Crippen LogP contribution in [0, 0.1) is 12.3 Å². The van der Waals surface area contributed by atoms with Crippen molar-refractivity contribution in [3.8, 4) is 12.3 Å². The number of ketones is 1. The molecule has 0 fully saturated rings. The molecule has 88 valence electrons. The molecule has 0 aliphatic carbocycles. The highest BCUT2D eigenvalue weighted by atomic mass is 16.1. The number of carbonyl (C=O) groups excluding carboxylic acids is 1. The molecule has 1 aromatic carbocycles. The minimum atomic E-state index is -0.127. The molecule has 0 saturated carbocycles. The number of benzene rings is 1. The highest BCUT2D eigenvalue weighted by molar-refractivity contribution is 5.86. The highest BCUT2D eigenvalue weighted by Gasteiger charge is 2.24. The third kappa shape index (κ3) is 2.75. The van der Waals surface area contributed by atoms with Crippen molar-refractivity contribution in [2.75, 3.05) is 6.54 Å². The molecule has 2 nitrogen and oxygen atoms in total. The van der Waals surface area contributed by atoms with Gasteiger partial charge in [-0.05, 0) is 24.0 Å². The van der Waals surface area contributed by atoms with Gasteiger partial charge in [-0.15, -0.1) is 12.3 Å². The highest BCUT2D eigenvalue weighted by Crippen LogP contribution is 2.24. The van der Waals surface area contributed by atoms with E-state index in [9.17, 15) is 4.79 Å². The molecule has 1 aromatic rings. The van der Waals surface area contributed by atoms with E-state index < -0.39 is 0 Å². The average molecular weight is 227 g/mol. The second-order valence-electron chi connectivity index (χ2n) is 4.36. The monoisotopic (exact) mass is 227 g/mol. The van der Waals surface area contributed by atoms with Gasteiger partial charge in [0.25, 0.3) is 0 Å². The van der Waals surface area contributed by atoms with Gasteiger partial charge >= 0.3 is 0 Å². The first-order chi connectivity index (χ1) is 8.33. The molecule has 1 heterocycles. The van der Waals surface area contributed by atoms with Gasteiger partial charge in [0.15, 0.2) is 5.78 Å². The standard InChI is InChI=1S/C15H17NO/c1-2-3-4-9-14(17)15-13-8-6-5-7-12(13)10-11-16-15/h1,5-8,15-16H,3-4,9-11H2. The maximum atomic E-state index is 12.1. The summed E-state index contributed by atoms with van der Waals surface area (Å²) in [7, 11) is 0. The number of nitrogens with one attached hydrogen (secondary N) is 1. The topological polar surface area (TPSA) is 29.1 Å². The van der Waals surface area contributed by atoms with Gasteiger partial charge in [0.2, 0.25) is 0 Å². The fraction of sp³-hybridized carbons (Fsp3) is 0.400. The van der Waals surface area contributed by atoms with E-state index in [1.807, 2.05) is 18.2 Å². The molecule has 0 aromatic heterocycles. The number of hydrogen-bond acceptors (Lipinski definition) is 2. The first kappa shape index (κ1) is 11.9. The van der Waals surface area contributed by atoms with Gasteiger partial charge < -0.3 is 5.32 Å². The fourth-order valence-corrected chi connectivity index (χ4v) is 2.30. The van der Waals surface area contributed by atoms with Gasteiger partial charge in [0.1, 0.15) is 0 Å². The summed E-state index contributed by atoms with van der Waals surface area (Å²) < 4.78 is 0. The third-order valence-corrected chi connectivity index (χ3v) is 3.18. The van der Waals surface area contributed by atoms with Crippen molar-refractivity contribution in [1.82, 2.24) is 5.32 Å². The number of terminal acetylenes is 1. The van der Waals surface area contributed by atoms with Crippen LogP contribution in [0.5, 0.6) is 0 Å². The van der Waals surface area contributed by atoms with Crippen LogP contribution in [0.1, 0.15) is 36.4 Å². The van der Waals surface area contributed by atoms with Crippen molar-refractivity contribution in [3.05, 3.63) is 35.4 Å². The predicted molar refractivity (Wildman–Crippen MR) is 68.6 cm³/mol. The summed E-state index contributed by atoms with van der Waals surface area (Å²) in [5.74, 6) is 2.83. The van der Waals surface area contributed by atoms with Gasteiger partial charge in [-0.25, -0.2) is 0 Å². The minimum Gasteiger partial charge on any atom is -0.303 e. The Balaban J connectivity index is 2.08. The van der Waals surface area contributed by atoms with E-state index in [0.717, 1.165) is 24.9 Å². The van der Waals surface area contributed by atoms with Crippen LogP contribution in [0.3, 0.4) is 0 Å². The van der Waals surface area contributed by atoms with Crippen molar-refractivity contribution in [2.45, 2.75) is 31.7 Å². The molecular weight excluding hydrogens is 210 g/mol. The first-order valence-corrected chi connectivity index (χ1v) is 6.10. The van der Waals surface area contributed by atoms with Crippen molar-refractivity contribution in [2.24, 2.45) is 0 Å². The SMILES string of the molecule is C#CCCCC(=O)C1NCCc2ccccc21. The van der Waals surface area contributed by atoms with Crippen LogP contribution in [0.4, 0.5) is 0 Å². The lowest BCUT2D eigenvalue weighted by Crippen LogP contribution is -2.35. The molecule has 2 rings (SSSR count). The summed E-state index contributed by atoms with van der Waals surface area (Å²) in [5.41, 5.74) is 2.44. The summed E-state index contributed by atoms with van der Waals surface area (Å²) in [5, 5.41) is 3.30. The number of hydrogen-bond donors (Lipinski definition) is 1. The smallest absolute Gasteiger partial charge is 0.154 e. The molecular formula is C15H17NO. The lowest BCUT2D eigenvalue weighted by molar-refractivity contribution is -0.121. The first-order valence-electron chi connectivity index (χ1n) is 6.10. The molecule has 2 heteroatoms. The van der Waals surface area contributed by atoms with Gasteiger partial charge in [-0.3, -0.25) is 4.79 Å². The van der Waals surface area contributed by atoms with E-state index in [1.165, 1.54) is 5.56 Å². The van der Waals surface area contributed by atoms with E-state index in [1.54, 1.807) is 0 Å². The van der Waals surface area contributed by atoms with E-state index in [2.05, 4.69) is 17.3 Å². The zero-order chi connectivity index (χ0) is 12.1. The van der Waals surface area contributed by atoms with E-state index in [-0.39, 0.29) is 11.8 Å². The normalized spacial score (nSPS) is 18.2. The number of carbonyl (C=O) groups is 1. The lowest BCUT2D eigenvalue weighted by atomic mass is 9.90. The maximum absolute atomic E-state index is 12.1. The molecule has 1 aliphatic heterocycles. The zero-order valence-electron chi connectivity index (χ0n) is 9.91. The second-order valence-corrected chi connectivity index (χ2v) is 4.36. The summed E-state index contributed by atoms with van der Waals surface area (Å²) in [6.45, 7) is 0.878. The molecule has 17 heavy (non-hydrogen) atoms. The minimum absolute atomic E-state index is 0.127. The van der Waals surface area contributed by atoms with Gasteiger partial charge in [-0.1, -0.05) is 24.3 Å². The Bertz CT molecular complexity index is 444. The van der Waals surface area contributed by atoms with E-state index in [0.29, 0.717) is 12.8 Å². The molecule has 1 unspecified atom stereocenters. The van der Waals surface area contributed by atoms with Crippen LogP contribution in [-0.4, -0.2) is 12.3 Å². The summed E-state index contributed by atoms with van der Waals surface area (Å²) in [6.07, 6.45) is 8.23. The Morgan fingerprint density at radius 2 is 2.29 bits per heavy atom. The zero-order valence-corrected chi connectivity index (χ0v) is 9.91. The summed E-state index contributed by atoms with van der Waals surface area (Å²) >= 11 is 0. The summed E-state index contributed by atoms with van der Waals surface area (Å²) in [4.78, 5) is 12.1. The van der Waals surface area contributed by atoms with Crippen LogP contribution < -0.4 is 5.32 Å². The Labute approximate surface area is 102 Å². The Hall–Kier alpha value is -1.59. The van der Waals surface area contributed by atoms with Crippen LogP contribution in [0.2, 0.25) is 0 Å². The number of unbranched alkanes of at least 4 members (excludes halogenated alkanes) is 1. The predicted octanol–water partition coefficient (Wildman–Crippen LogP) is 2.25. The van der Waals surface area contributed by atoms with Gasteiger partial charge in [-0.2, -0.15) is 0 Å². The molecule has 1 N–H and O–H groups in total. The third-order valence-electron chi connectivity index (χ3n) is 3.18. The quantitative estimate of drug-likeness (QED) is 0.631. The molecule has 1 atom stereocenters. The number of rotatable bonds is 4. The molecule has 0 amide bonds. The Morgan fingerprint density at radius 1 is 1.47 bits per heavy atom. The van der Waals surface area contributed by atoms with Crippen molar-refractivity contribution < 1.29 is 4.79 Å². The lowest BCUT2D eigenvalue weighted by Gasteiger charge is -2.25. The van der Waals surface area contributed by atoms with E-state index >= 15 is 0 Å². The molecule has 0 radical (unpaired) electrons. The maximum Gasteiger partial charge on any atom is 0.154 e. The van der Waals surface area contributed by atoms with Crippen LogP contribution in [0.25, 0.3) is 0 Å². The fourth-order valence-electron chi connectivity index (χ4n) is 2.30. The number of Topliss-reactive ketones (excluding diaryl/α,β-unsaturated/α-hetero) is 1. The molecule has 0 spiro atoms. The molecule has 1 aliphatic rings. The van der Waals surface area contributed by atoms with Crippen molar-refractivity contribution in [3.63, 3.8) is 0 Å². The van der Waals surface area contributed by atoms with Gasteiger partial charge in [0, 0.05) is 19.4 Å². The van der Waals surface area contributed by atoms with Gasteiger partial charge in [0.05, 0.1) is 6.04 Å². The van der Waals surface area contributed by atoms with Crippen molar-refractivity contribution in [1.29, 1.82) is 0 Å². The van der Waals surface area contributed by atoms with Crippen LogP contribution in [-0.2, 0) is 11.2 Å². The average Bonchev–Trinajstić information content (AvgIpc) is 2.38. The number of fused-ring (bicyclic) bond motifs is 1. The van der Waals surface area contributed by atoms with Crippen LogP contribution in [0.15, 0.2) is 24.3 Å². The van der Waals surface area contributed by atoms with Crippen molar-refractivity contribution >= 4 is 5.78 Å². The largest absolute Gasteiger partial charge is 0.303 e. The van der Waals surface area contributed by atoms with E-state index in [4.69, 9.17) is 6.42 Å². The summed E-state index contributed by atoms with van der Waals surface area (Å²) in [6, 6.07) is 8.05. The molecule has 0 bridgehead atoms. The molecule has 0 saturated heterocycles. The Morgan fingerprint density at radius 3 is 3.12 bits per heavy atom. The second kappa shape index (κ2) is 5.65. The van der Waals surface area contributed by atoms with Crippen LogP contribution >= 0.6 is 0 Å².